The van der Waals surface area contributed by atoms with Gasteiger partial charge in [0.1, 0.15) is 12.2 Å². The normalized spacial score (nSPS) is 13.7. The maximum Gasteiger partial charge on any atom is 0.407 e. The van der Waals surface area contributed by atoms with E-state index < -0.39 is 29.1 Å². The number of carbonyl (C=O) groups is 3. The molecule has 0 unspecified atom stereocenters. The van der Waals surface area contributed by atoms with Gasteiger partial charge in [-0.3, -0.25) is 4.79 Å². The van der Waals surface area contributed by atoms with E-state index in [9.17, 15) is 14.4 Å². The first-order valence-corrected chi connectivity index (χ1v) is 11.9. The van der Waals surface area contributed by atoms with Crippen molar-refractivity contribution in [2.45, 2.75) is 70.7 Å². The van der Waals surface area contributed by atoms with Crippen molar-refractivity contribution in [2.24, 2.45) is 5.73 Å². The number of benzene rings is 2. The molecule has 0 saturated carbocycles. The molecule has 2 aromatic rings. The molecule has 2 amide bonds. The number of alkyl carbamates (subject to hydrolysis) is 1. The van der Waals surface area contributed by atoms with Crippen LogP contribution in [0.5, 0.6) is 0 Å². The number of amides is 2. The minimum absolute atomic E-state index is 0.0159. The van der Waals surface area contributed by atoms with Crippen molar-refractivity contribution < 1.29 is 23.9 Å². The third kappa shape index (κ3) is 9.05. The first-order chi connectivity index (χ1) is 16.5. The molecule has 2 rings (SSSR count). The summed E-state index contributed by atoms with van der Waals surface area (Å²) in [6, 6.07) is 18.5. The average molecular weight is 484 g/mol. The molecule has 8 heteroatoms. The Morgan fingerprint density at radius 3 is 2.14 bits per heavy atom. The van der Waals surface area contributed by atoms with E-state index in [-0.39, 0.29) is 32.0 Å². The summed E-state index contributed by atoms with van der Waals surface area (Å²) < 4.78 is 10.7. The van der Waals surface area contributed by atoms with Crippen LogP contribution in [-0.4, -0.2) is 35.7 Å². The summed E-state index contributed by atoms with van der Waals surface area (Å²) in [6.07, 6.45) is 0.284. The van der Waals surface area contributed by atoms with Gasteiger partial charge < -0.3 is 25.8 Å². The molecule has 8 nitrogen and oxygen atoms in total. The summed E-state index contributed by atoms with van der Waals surface area (Å²) in [5.74, 6) is -1.42. The maximum atomic E-state index is 13.3. The minimum atomic E-state index is -1.91. The molecule has 4 N–H and O–H groups in total. The second kappa shape index (κ2) is 12.9. The molecule has 190 valence electrons. The number of nitrogens with one attached hydrogen (secondary N) is 2. The van der Waals surface area contributed by atoms with Crippen molar-refractivity contribution in [1.29, 1.82) is 0 Å². The predicted octanol–water partition coefficient (Wildman–Crippen LogP) is 4.00. The third-order valence-corrected chi connectivity index (χ3v) is 5.31. The van der Waals surface area contributed by atoms with E-state index in [2.05, 4.69) is 10.6 Å². The van der Waals surface area contributed by atoms with Crippen LogP contribution in [0, 0.1) is 0 Å². The second-order valence-corrected chi connectivity index (χ2v) is 9.41. The van der Waals surface area contributed by atoms with E-state index in [1.807, 2.05) is 67.6 Å². The Labute approximate surface area is 207 Å². The molecule has 2 aromatic carbocycles. The lowest BCUT2D eigenvalue weighted by molar-refractivity contribution is -0.165. The zero-order chi connectivity index (χ0) is 25.9. The van der Waals surface area contributed by atoms with Crippen molar-refractivity contribution >= 4 is 18.0 Å². The van der Waals surface area contributed by atoms with E-state index in [1.54, 1.807) is 20.8 Å². The Hall–Kier alpha value is -3.39. The van der Waals surface area contributed by atoms with Gasteiger partial charge in [-0.1, -0.05) is 67.6 Å². The fraction of sp³-hybridized carbons (Fsp3) is 0.444. The molecule has 0 fully saturated rings. The molecule has 2 atom stereocenters. The first-order valence-electron chi connectivity index (χ1n) is 11.9. The molecule has 0 aliphatic heterocycles. The van der Waals surface area contributed by atoms with Crippen LogP contribution in [0.15, 0.2) is 60.7 Å². The summed E-state index contributed by atoms with van der Waals surface area (Å²) in [5.41, 5.74) is 5.45. The number of hydrogen-bond acceptors (Lipinski definition) is 6. The zero-order valence-electron chi connectivity index (χ0n) is 21.0. The van der Waals surface area contributed by atoms with Crippen LogP contribution >= 0.6 is 0 Å². The van der Waals surface area contributed by atoms with Crippen LogP contribution in [-0.2, 0) is 25.7 Å². The molecule has 0 saturated heterocycles. The number of carbonyl (C=O) groups excluding carboxylic acids is 3. The molecular formula is C27H37N3O5. The highest BCUT2D eigenvalue weighted by atomic mass is 16.6. The van der Waals surface area contributed by atoms with E-state index in [0.717, 1.165) is 11.1 Å². The highest BCUT2D eigenvalue weighted by Crippen LogP contribution is 2.21. The van der Waals surface area contributed by atoms with Crippen molar-refractivity contribution in [3.63, 3.8) is 0 Å². The number of nitrogens with two attached hydrogens (primary N) is 1. The standard InChI is InChI=1S/C27H37N3O5/c1-5-22(21-15-10-7-11-16-21)30-23(31)27(28,24(32)35-26(2,3)4)17-12-18-29-25(33)34-19-20-13-8-6-9-14-20/h6-11,13-16,22H,5,12,17-19,28H2,1-4H3,(H,29,33)(H,30,31)/t22-,27+/m0/s1. The van der Waals surface area contributed by atoms with Crippen LogP contribution in [0.2, 0.25) is 0 Å². The van der Waals surface area contributed by atoms with E-state index >= 15 is 0 Å². The van der Waals surface area contributed by atoms with Gasteiger partial charge in [-0.05, 0) is 51.2 Å². The quantitative estimate of drug-likeness (QED) is 0.252. The van der Waals surface area contributed by atoms with Gasteiger partial charge in [0.2, 0.25) is 0 Å². The lowest BCUT2D eigenvalue weighted by Crippen LogP contribution is -2.61. The zero-order valence-corrected chi connectivity index (χ0v) is 21.0. The Kier molecular flexibility index (Phi) is 10.3. The Morgan fingerprint density at radius 2 is 1.57 bits per heavy atom. The van der Waals surface area contributed by atoms with Gasteiger partial charge in [0.05, 0.1) is 6.04 Å². The largest absolute Gasteiger partial charge is 0.458 e. The highest BCUT2D eigenvalue weighted by molar-refractivity contribution is 6.07. The summed E-state index contributed by atoms with van der Waals surface area (Å²) in [7, 11) is 0. The van der Waals surface area contributed by atoms with Crippen molar-refractivity contribution in [3.8, 4) is 0 Å². The van der Waals surface area contributed by atoms with Crippen LogP contribution < -0.4 is 16.4 Å². The number of hydrogen-bond donors (Lipinski definition) is 3. The molecule has 0 bridgehead atoms. The molecule has 0 radical (unpaired) electrons. The molecule has 0 aromatic heterocycles. The average Bonchev–Trinajstić information content (AvgIpc) is 2.83. The fourth-order valence-electron chi connectivity index (χ4n) is 3.40. The van der Waals surface area contributed by atoms with E-state index in [1.165, 1.54) is 0 Å². The Morgan fingerprint density at radius 1 is 0.971 bits per heavy atom. The van der Waals surface area contributed by atoms with Gasteiger partial charge in [-0.2, -0.15) is 0 Å². The fourth-order valence-corrected chi connectivity index (χ4v) is 3.40. The molecule has 35 heavy (non-hydrogen) atoms. The van der Waals surface area contributed by atoms with Gasteiger partial charge >= 0.3 is 12.1 Å². The van der Waals surface area contributed by atoms with Crippen LogP contribution in [0.1, 0.15) is 64.1 Å². The van der Waals surface area contributed by atoms with Crippen molar-refractivity contribution in [3.05, 3.63) is 71.8 Å². The predicted molar refractivity (Wildman–Crippen MR) is 134 cm³/mol. The van der Waals surface area contributed by atoms with E-state index in [4.69, 9.17) is 15.2 Å². The highest BCUT2D eigenvalue weighted by Gasteiger charge is 2.45. The van der Waals surface area contributed by atoms with Crippen molar-refractivity contribution in [1.82, 2.24) is 10.6 Å². The summed E-state index contributed by atoms with van der Waals surface area (Å²) in [5, 5.41) is 5.53. The smallest absolute Gasteiger partial charge is 0.407 e. The molecule has 0 spiro atoms. The van der Waals surface area contributed by atoms with Gasteiger partial charge in [-0.15, -0.1) is 0 Å². The molecule has 0 heterocycles. The maximum absolute atomic E-state index is 13.3. The monoisotopic (exact) mass is 483 g/mol. The number of ether oxygens (including phenoxy) is 2. The second-order valence-electron chi connectivity index (χ2n) is 9.41. The van der Waals surface area contributed by atoms with Crippen molar-refractivity contribution in [2.75, 3.05) is 6.54 Å². The van der Waals surface area contributed by atoms with Gasteiger partial charge in [0.15, 0.2) is 5.54 Å². The number of esters is 1. The Bertz CT molecular complexity index is 960. The number of rotatable bonds is 11. The minimum Gasteiger partial charge on any atom is -0.458 e. The summed E-state index contributed by atoms with van der Waals surface area (Å²) in [6.45, 7) is 7.41. The lowest BCUT2D eigenvalue weighted by atomic mass is 9.91. The first kappa shape index (κ1) is 27.9. The SMILES string of the molecule is CC[C@H](NC(=O)[C@](N)(CCCNC(=O)OCc1ccccc1)C(=O)OC(C)(C)C)c1ccccc1. The topological polar surface area (TPSA) is 120 Å². The molecule has 0 aliphatic carbocycles. The molecule has 0 aliphatic rings. The lowest BCUT2D eigenvalue weighted by Gasteiger charge is -2.32. The van der Waals surface area contributed by atoms with E-state index in [0.29, 0.717) is 6.42 Å². The molecular weight excluding hydrogens is 446 g/mol. The van der Waals surface area contributed by atoms with Crippen LogP contribution in [0.3, 0.4) is 0 Å². The van der Waals surface area contributed by atoms with Gasteiger partial charge in [0, 0.05) is 6.54 Å². The summed E-state index contributed by atoms with van der Waals surface area (Å²) in [4.78, 5) is 38.3. The van der Waals surface area contributed by atoms with Gasteiger partial charge in [-0.25, -0.2) is 9.59 Å². The third-order valence-electron chi connectivity index (χ3n) is 5.31. The van der Waals surface area contributed by atoms with Gasteiger partial charge in [0.25, 0.3) is 5.91 Å². The van der Waals surface area contributed by atoms with Crippen LogP contribution in [0.4, 0.5) is 4.79 Å². The Balaban J connectivity index is 1.99. The van der Waals surface area contributed by atoms with Crippen LogP contribution in [0.25, 0.3) is 0 Å². The summed E-state index contributed by atoms with van der Waals surface area (Å²) >= 11 is 0.